The van der Waals surface area contributed by atoms with Gasteiger partial charge in [-0.2, -0.15) is 0 Å². The van der Waals surface area contributed by atoms with Gasteiger partial charge >= 0.3 is 0 Å². The van der Waals surface area contributed by atoms with Crippen LogP contribution in [0.4, 0.5) is 0 Å². The molecule has 0 N–H and O–H groups in total. The second-order valence-electron chi connectivity index (χ2n) is 5.85. The first-order valence-electron chi connectivity index (χ1n) is 7.78. The van der Waals surface area contributed by atoms with E-state index in [2.05, 4.69) is 27.1 Å². The highest BCUT2D eigenvalue weighted by atomic mass is 35.5. The van der Waals surface area contributed by atoms with Crippen LogP contribution < -0.4 is 4.74 Å². The van der Waals surface area contributed by atoms with Gasteiger partial charge in [0.25, 0.3) is 0 Å². The van der Waals surface area contributed by atoms with E-state index in [9.17, 15) is 0 Å². The lowest BCUT2D eigenvalue weighted by Crippen LogP contribution is -2.01. The molecule has 1 fully saturated rings. The molecule has 0 saturated heterocycles. The number of hydrogen-bond acceptors (Lipinski definition) is 4. The van der Waals surface area contributed by atoms with Crippen LogP contribution in [0.1, 0.15) is 24.0 Å². The van der Waals surface area contributed by atoms with Crippen LogP contribution in [-0.2, 0) is 6.54 Å². The second kappa shape index (κ2) is 6.14. The Morgan fingerprint density at radius 2 is 2.17 bits per heavy atom. The molecule has 0 amide bonds. The largest absolute Gasteiger partial charge is 0.481 e. The fraction of sp³-hybridized carbons (Fsp3) is 0.278. The molecule has 0 spiro atoms. The normalized spacial score (nSPS) is 13.6. The molecule has 6 heteroatoms. The zero-order valence-electron chi connectivity index (χ0n) is 13.2. The van der Waals surface area contributed by atoms with Crippen LogP contribution in [0.25, 0.3) is 11.0 Å². The first-order valence-corrected chi connectivity index (χ1v) is 8.16. The molecule has 0 bridgehead atoms. The number of fused-ring (bicyclic) bond motifs is 1. The first-order chi connectivity index (χ1) is 11.7. The van der Waals surface area contributed by atoms with Crippen LogP contribution in [0.15, 0.2) is 30.5 Å². The standard InChI is InChI=1S/C18H15ClN4O/c1-24-16-10-12(8-9-20-16)4-5-14-6-7-15-18(17(14)19)21-22-23(15)11-13-2-3-13/h6-10,13H,2-3,11H2,1H3. The number of ether oxygens (including phenoxy) is 1. The summed E-state index contributed by atoms with van der Waals surface area (Å²) in [5.74, 6) is 7.44. The number of methoxy groups -OCH3 is 1. The van der Waals surface area contributed by atoms with E-state index in [-0.39, 0.29) is 0 Å². The molecule has 3 aromatic rings. The lowest BCUT2D eigenvalue weighted by molar-refractivity contribution is 0.398. The Morgan fingerprint density at radius 1 is 1.29 bits per heavy atom. The molecule has 0 atom stereocenters. The molecule has 1 aliphatic carbocycles. The monoisotopic (exact) mass is 338 g/mol. The third-order valence-corrected chi connectivity index (χ3v) is 4.42. The van der Waals surface area contributed by atoms with Gasteiger partial charge in [-0.15, -0.1) is 5.10 Å². The van der Waals surface area contributed by atoms with Gasteiger partial charge < -0.3 is 4.74 Å². The Morgan fingerprint density at radius 3 is 2.96 bits per heavy atom. The molecule has 24 heavy (non-hydrogen) atoms. The van der Waals surface area contributed by atoms with Crippen molar-refractivity contribution < 1.29 is 4.74 Å². The molecule has 1 saturated carbocycles. The van der Waals surface area contributed by atoms with E-state index in [4.69, 9.17) is 16.3 Å². The van der Waals surface area contributed by atoms with Crippen molar-refractivity contribution in [3.8, 4) is 17.7 Å². The maximum absolute atomic E-state index is 6.48. The average molecular weight is 339 g/mol. The van der Waals surface area contributed by atoms with Gasteiger partial charge in [0.1, 0.15) is 5.52 Å². The zero-order chi connectivity index (χ0) is 16.5. The fourth-order valence-corrected chi connectivity index (χ4v) is 2.76. The Bertz CT molecular complexity index is 966. The average Bonchev–Trinajstić information content (AvgIpc) is 3.33. The predicted molar refractivity (Wildman–Crippen MR) is 92.0 cm³/mol. The lowest BCUT2D eigenvalue weighted by Gasteiger charge is -2.01. The molecule has 0 unspecified atom stereocenters. The third kappa shape index (κ3) is 2.93. The predicted octanol–water partition coefficient (Wildman–Crippen LogP) is 3.30. The number of aromatic nitrogens is 4. The SMILES string of the molecule is COc1cc(C#Cc2ccc3c(nnn3CC3CC3)c2Cl)ccn1. The summed E-state index contributed by atoms with van der Waals surface area (Å²) >= 11 is 6.48. The summed E-state index contributed by atoms with van der Waals surface area (Å²) in [5, 5.41) is 9.00. The molecule has 2 aromatic heterocycles. The second-order valence-corrected chi connectivity index (χ2v) is 6.22. The van der Waals surface area contributed by atoms with E-state index >= 15 is 0 Å². The Kier molecular flexibility index (Phi) is 3.83. The number of nitrogens with zero attached hydrogens (tertiary/aromatic N) is 4. The van der Waals surface area contributed by atoms with Gasteiger partial charge in [-0.25, -0.2) is 9.67 Å². The summed E-state index contributed by atoms with van der Waals surface area (Å²) in [7, 11) is 1.58. The smallest absolute Gasteiger partial charge is 0.214 e. The number of hydrogen-bond donors (Lipinski definition) is 0. The van der Waals surface area contributed by atoms with Crippen molar-refractivity contribution in [3.63, 3.8) is 0 Å². The molecular weight excluding hydrogens is 324 g/mol. The Hall–Kier alpha value is -2.58. The summed E-state index contributed by atoms with van der Waals surface area (Å²) in [6.45, 7) is 0.911. The zero-order valence-corrected chi connectivity index (χ0v) is 13.9. The van der Waals surface area contributed by atoms with Crippen LogP contribution in [0.2, 0.25) is 5.02 Å². The van der Waals surface area contributed by atoms with E-state index in [1.807, 2.05) is 22.9 Å². The highest BCUT2D eigenvalue weighted by Crippen LogP contribution is 2.32. The van der Waals surface area contributed by atoms with Crippen molar-refractivity contribution in [2.75, 3.05) is 7.11 Å². The van der Waals surface area contributed by atoms with Crippen molar-refractivity contribution in [1.29, 1.82) is 0 Å². The van der Waals surface area contributed by atoms with Crippen molar-refractivity contribution in [1.82, 2.24) is 20.0 Å². The molecule has 120 valence electrons. The van der Waals surface area contributed by atoms with Crippen LogP contribution in [0.3, 0.4) is 0 Å². The molecule has 0 radical (unpaired) electrons. The van der Waals surface area contributed by atoms with Gasteiger partial charge in [0.05, 0.1) is 17.6 Å². The number of rotatable bonds is 3. The van der Waals surface area contributed by atoms with Crippen LogP contribution in [0.5, 0.6) is 5.88 Å². The Labute approximate surface area is 144 Å². The highest BCUT2D eigenvalue weighted by molar-refractivity contribution is 6.36. The minimum Gasteiger partial charge on any atom is -0.481 e. The summed E-state index contributed by atoms with van der Waals surface area (Å²) in [6.07, 6.45) is 4.21. The quantitative estimate of drug-likeness (QED) is 0.688. The minimum atomic E-state index is 0.534. The maximum Gasteiger partial charge on any atom is 0.214 e. The van der Waals surface area contributed by atoms with Crippen LogP contribution in [-0.4, -0.2) is 27.1 Å². The summed E-state index contributed by atoms with van der Waals surface area (Å²) in [5.41, 5.74) is 3.22. The molecule has 1 aromatic carbocycles. The molecule has 2 heterocycles. The van der Waals surface area contributed by atoms with Gasteiger partial charge in [-0.3, -0.25) is 0 Å². The molecule has 1 aliphatic rings. The van der Waals surface area contributed by atoms with Crippen molar-refractivity contribution >= 4 is 22.6 Å². The van der Waals surface area contributed by atoms with Crippen LogP contribution in [0, 0.1) is 17.8 Å². The lowest BCUT2D eigenvalue weighted by atomic mass is 10.1. The van der Waals surface area contributed by atoms with Gasteiger partial charge in [0, 0.05) is 29.9 Å². The maximum atomic E-state index is 6.48. The summed E-state index contributed by atoms with van der Waals surface area (Å²) in [6, 6.07) is 7.52. The van der Waals surface area contributed by atoms with Gasteiger partial charge in [-0.1, -0.05) is 28.7 Å². The Balaban J connectivity index is 1.67. The molecular formula is C18H15ClN4O. The van der Waals surface area contributed by atoms with E-state index in [1.165, 1.54) is 12.8 Å². The summed E-state index contributed by atoms with van der Waals surface area (Å²) < 4.78 is 7.04. The number of benzene rings is 1. The van der Waals surface area contributed by atoms with Gasteiger partial charge in [-0.05, 0) is 37.0 Å². The number of halogens is 1. The van der Waals surface area contributed by atoms with E-state index in [0.717, 1.165) is 29.1 Å². The molecule has 4 rings (SSSR count). The minimum absolute atomic E-state index is 0.534. The van der Waals surface area contributed by atoms with Gasteiger partial charge in [0.15, 0.2) is 0 Å². The van der Waals surface area contributed by atoms with Crippen molar-refractivity contribution in [2.45, 2.75) is 19.4 Å². The van der Waals surface area contributed by atoms with Gasteiger partial charge in [0.2, 0.25) is 5.88 Å². The van der Waals surface area contributed by atoms with E-state index in [1.54, 1.807) is 19.4 Å². The van der Waals surface area contributed by atoms with Crippen molar-refractivity contribution in [2.24, 2.45) is 5.92 Å². The van der Waals surface area contributed by atoms with E-state index < -0.39 is 0 Å². The molecule has 0 aliphatic heterocycles. The highest BCUT2D eigenvalue weighted by Gasteiger charge is 2.23. The third-order valence-electron chi connectivity index (χ3n) is 4.04. The topological polar surface area (TPSA) is 52.8 Å². The van der Waals surface area contributed by atoms with Crippen molar-refractivity contribution in [3.05, 3.63) is 46.6 Å². The first kappa shape index (κ1) is 15.0. The van der Waals surface area contributed by atoms with E-state index in [0.29, 0.717) is 16.4 Å². The number of pyridine rings is 1. The fourth-order valence-electron chi connectivity index (χ4n) is 2.52. The molecule has 5 nitrogen and oxygen atoms in total. The summed E-state index contributed by atoms with van der Waals surface area (Å²) in [4.78, 5) is 4.07. The van der Waals surface area contributed by atoms with Crippen LogP contribution >= 0.6 is 11.6 Å².